The van der Waals surface area contributed by atoms with Crippen molar-refractivity contribution in [2.24, 2.45) is 0 Å². The first kappa shape index (κ1) is 17.6. The molecule has 2 aromatic carbocycles. The molecule has 1 heterocycles. The molecule has 0 aliphatic carbocycles. The minimum atomic E-state index is -0.326. The summed E-state index contributed by atoms with van der Waals surface area (Å²) in [6.45, 7) is 1.88. The lowest BCUT2D eigenvalue weighted by Gasteiger charge is -2.13. The molecule has 0 atom stereocenters. The number of nitrogens with one attached hydrogen (secondary N) is 2. The van der Waals surface area contributed by atoms with E-state index in [2.05, 4.69) is 26.2 Å². The Hall–Kier alpha value is -2.18. The SMILES string of the molecule is COc1cc(C)c(NC(=O)c2[nH]c3ccc(Br)cc3c2Cl)cc1OC. The van der Waals surface area contributed by atoms with E-state index in [1.807, 2.05) is 25.1 Å². The number of ether oxygens (including phenoxy) is 2. The van der Waals surface area contributed by atoms with Gasteiger partial charge in [0.1, 0.15) is 5.69 Å². The molecule has 0 spiro atoms. The van der Waals surface area contributed by atoms with Gasteiger partial charge in [0, 0.05) is 27.1 Å². The highest BCUT2D eigenvalue weighted by molar-refractivity contribution is 9.10. The van der Waals surface area contributed by atoms with E-state index in [4.69, 9.17) is 21.1 Å². The van der Waals surface area contributed by atoms with Crippen LogP contribution in [0.25, 0.3) is 10.9 Å². The molecule has 0 aliphatic heterocycles. The van der Waals surface area contributed by atoms with Gasteiger partial charge in [0.25, 0.3) is 5.91 Å². The van der Waals surface area contributed by atoms with Crippen molar-refractivity contribution in [1.29, 1.82) is 0 Å². The smallest absolute Gasteiger partial charge is 0.273 e. The van der Waals surface area contributed by atoms with Gasteiger partial charge in [-0.05, 0) is 36.8 Å². The van der Waals surface area contributed by atoms with Gasteiger partial charge in [0.05, 0.1) is 19.2 Å². The summed E-state index contributed by atoms with van der Waals surface area (Å²) < 4.78 is 11.4. The summed E-state index contributed by atoms with van der Waals surface area (Å²) in [4.78, 5) is 15.7. The summed E-state index contributed by atoms with van der Waals surface area (Å²) in [5, 5.41) is 4.03. The van der Waals surface area contributed by atoms with Crippen molar-refractivity contribution in [3.8, 4) is 11.5 Å². The zero-order valence-corrected chi connectivity index (χ0v) is 16.2. The van der Waals surface area contributed by atoms with Gasteiger partial charge >= 0.3 is 0 Å². The van der Waals surface area contributed by atoms with Crippen LogP contribution in [0.4, 0.5) is 5.69 Å². The number of hydrogen-bond donors (Lipinski definition) is 2. The molecule has 0 radical (unpaired) electrons. The number of hydrogen-bond acceptors (Lipinski definition) is 3. The number of benzene rings is 2. The van der Waals surface area contributed by atoms with Crippen LogP contribution in [0, 0.1) is 6.92 Å². The molecule has 0 unspecified atom stereocenters. The Morgan fingerprint density at radius 1 is 1.16 bits per heavy atom. The lowest BCUT2D eigenvalue weighted by molar-refractivity contribution is 0.102. The molecule has 2 N–H and O–H groups in total. The molecule has 3 rings (SSSR count). The van der Waals surface area contributed by atoms with Crippen LogP contribution >= 0.6 is 27.5 Å². The molecule has 1 aromatic heterocycles. The van der Waals surface area contributed by atoms with Crippen molar-refractivity contribution in [1.82, 2.24) is 4.98 Å². The quantitative estimate of drug-likeness (QED) is 0.609. The van der Waals surface area contributed by atoms with Crippen molar-refractivity contribution in [3.63, 3.8) is 0 Å². The summed E-state index contributed by atoms with van der Waals surface area (Å²) in [5.41, 5.74) is 2.57. The van der Waals surface area contributed by atoms with Gasteiger partial charge in [0.2, 0.25) is 0 Å². The van der Waals surface area contributed by atoms with Gasteiger partial charge in [-0.25, -0.2) is 0 Å². The number of aromatic nitrogens is 1. The van der Waals surface area contributed by atoms with Crippen LogP contribution in [-0.2, 0) is 0 Å². The highest BCUT2D eigenvalue weighted by Crippen LogP contribution is 2.34. The average Bonchev–Trinajstić information content (AvgIpc) is 2.92. The largest absolute Gasteiger partial charge is 0.493 e. The molecular weight excluding hydrogens is 408 g/mol. The minimum absolute atomic E-state index is 0.309. The third-order valence-corrected chi connectivity index (χ3v) is 4.79. The fraction of sp³-hybridized carbons (Fsp3) is 0.167. The molecule has 0 fully saturated rings. The minimum Gasteiger partial charge on any atom is -0.493 e. The van der Waals surface area contributed by atoms with Crippen LogP contribution in [0.2, 0.25) is 5.02 Å². The standard InChI is InChI=1S/C18H16BrClN2O3/c1-9-6-14(24-2)15(25-3)8-13(9)22-18(23)17-16(20)11-7-10(19)4-5-12(11)21-17/h4-8,21H,1-3H3,(H,22,23). The molecule has 0 saturated carbocycles. The fourth-order valence-electron chi connectivity index (χ4n) is 2.59. The molecule has 130 valence electrons. The van der Waals surface area contributed by atoms with E-state index in [1.165, 1.54) is 0 Å². The molecule has 1 amide bonds. The van der Waals surface area contributed by atoms with Crippen LogP contribution in [0.3, 0.4) is 0 Å². The Bertz CT molecular complexity index is 969. The van der Waals surface area contributed by atoms with Crippen LogP contribution < -0.4 is 14.8 Å². The van der Waals surface area contributed by atoms with E-state index < -0.39 is 0 Å². The van der Waals surface area contributed by atoms with E-state index >= 15 is 0 Å². The van der Waals surface area contributed by atoms with Gasteiger partial charge in [-0.3, -0.25) is 4.79 Å². The number of rotatable bonds is 4. The molecular formula is C18H16BrClN2O3. The predicted molar refractivity (Wildman–Crippen MR) is 103 cm³/mol. The Balaban J connectivity index is 1.96. The number of methoxy groups -OCH3 is 2. The highest BCUT2D eigenvalue weighted by Gasteiger charge is 2.18. The van der Waals surface area contributed by atoms with E-state index in [0.717, 1.165) is 20.9 Å². The van der Waals surface area contributed by atoms with E-state index in [-0.39, 0.29) is 5.91 Å². The number of fused-ring (bicyclic) bond motifs is 1. The van der Waals surface area contributed by atoms with Crippen LogP contribution in [0.5, 0.6) is 11.5 Å². The molecule has 0 bridgehead atoms. The number of carbonyl (C=O) groups is 1. The topological polar surface area (TPSA) is 63.3 Å². The normalized spacial score (nSPS) is 10.8. The van der Waals surface area contributed by atoms with Crippen molar-refractivity contribution in [2.45, 2.75) is 6.92 Å². The lowest BCUT2D eigenvalue weighted by atomic mass is 10.1. The molecule has 0 saturated heterocycles. The maximum atomic E-state index is 12.7. The van der Waals surface area contributed by atoms with Gasteiger partial charge in [-0.1, -0.05) is 27.5 Å². The summed E-state index contributed by atoms with van der Waals surface area (Å²) in [7, 11) is 3.11. The number of aryl methyl sites for hydroxylation is 1. The number of aromatic amines is 1. The second-order valence-electron chi connectivity index (χ2n) is 5.48. The Labute approximate surface area is 158 Å². The van der Waals surface area contributed by atoms with E-state index in [1.54, 1.807) is 26.4 Å². The van der Waals surface area contributed by atoms with Crippen molar-refractivity contribution < 1.29 is 14.3 Å². The first-order valence-electron chi connectivity index (χ1n) is 7.45. The number of H-pyrrole nitrogens is 1. The van der Waals surface area contributed by atoms with Crippen molar-refractivity contribution in [2.75, 3.05) is 19.5 Å². The number of halogens is 2. The first-order valence-corrected chi connectivity index (χ1v) is 8.62. The summed E-state index contributed by atoms with van der Waals surface area (Å²) in [6.07, 6.45) is 0. The Morgan fingerprint density at radius 2 is 1.84 bits per heavy atom. The number of anilines is 1. The summed E-state index contributed by atoms with van der Waals surface area (Å²) >= 11 is 9.79. The van der Waals surface area contributed by atoms with Crippen molar-refractivity contribution in [3.05, 3.63) is 51.1 Å². The maximum absolute atomic E-state index is 12.7. The second kappa shape index (κ2) is 6.98. The van der Waals surface area contributed by atoms with E-state index in [0.29, 0.717) is 27.9 Å². The zero-order chi connectivity index (χ0) is 18.1. The Kier molecular flexibility index (Phi) is 4.92. The molecule has 7 heteroatoms. The Morgan fingerprint density at radius 3 is 2.52 bits per heavy atom. The van der Waals surface area contributed by atoms with Gasteiger partial charge in [-0.15, -0.1) is 0 Å². The molecule has 25 heavy (non-hydrogen) atoms. The van der Waals surface area contributed by atoms with Crippen LogP contribution in [0.1, 0.15) is 16.1 Å². The highest BCUT2D eigenvalue weighted by atomic mass is 79.9. The fourth-order valence-corrected chi connectivity index (χ4v) is 3.24. The zero-order valence-electron chi connectivity index (χ0n) is 13.9. The first-order chi connectivity index (χ1) is 11.9. The van der Waals surface area contributed by atoms with Crippen LogP contribution in [-0.4, -0.2) is 25.1 Å². The summed E-state index contributed by atoms with van der Waals surface area (Å²) in [6, 6.07) is 9.14. The molecule has 0 aliphatic rings. The second-order valence-corrected chi connectivity index (χ2v) is 6.77. The average molecular weight is 424 g/mol. The van der Waals surface area contributed by atoms with E-state index in [9.17, 15) is 4.79 Å². The van der Waals surface area contributed by atoms with Crippen molar-refractivity contribution >= 4 is 50.0 Å². The van der Waals surface area contributed by atoms with Gasteiger partial charge in [-0.2, -0.15) is 0 Å². The summed E-state index contributed by atoms with van der Waals surface area (Å²) in [5.74, 6) is 0.814. The molecule has 5 nitrogen and oxygen atoms in total. The van der Waals surface area contributed by atoms with Crippen LogP contribution in [0.15, 0.2) is 34.8 Å². The maximum Gasteiger partial charge on any atom is 0.273 e. The molecule has 3 aromatic rings. The third-order valence-electron chi connectivity index (χ3n) is 3.90. The monoisotopic (exact) mass is 422 g/mol. The lowest BCUT2D eigenvalue weighted by Crippen LogP contribution is -2.14. The predicted octanol–water partition coefficient (Wildman–Crippen LogP) is 5.16. The number of amides is 1. The third kappa shape index (κ3) is 3.32. The van der Waals surface area contributed by atoms with Gasteiger partial charge in [0.15, 0.2) is 11.5 Å². The number of carbonyl (C=O) groups excluding carboxylic acids is 1. The van der Waals surface area contributed by atoms with Gasteiger partial charge < -0.3 is 19.8 Å².